The highest BCUT2D eigenvalue weighted by Crippen LogP contribution is 2.41. The summed E-state index contributed by atoms with van der Waals surface area (Å²) in [6, 6.07) is 9.79. The number of benzene rings is 1. The van der Waals surface area contributed by atoms with Gasteiger partial charge in [-0.15, -0.1) is 0 Å². The molecule has 1 amide bonds. The fourth-order valence-electron chi connectivity index (χ4n) is 5.59. The van der Waals surface area contributed by atoms with Crippen LogP contribution < -0.4 is 4.72 Å². The van der Waals surface area contributed by atoms with E-state index in [9.17, 15) is 13.2 Å². The van der Waals surface area contributed by atoms with Crippen molar-refractivity contribution in [1.29, 1.82) is 0 Å². The molecule has 32 heavy (non-hydrogen) atoms. The normalized spacial score (nSPS) is 27.9. The third-order valence-electron chi connectivity index (χ3n) is 7.41. The van der Waals surface area contributed by atoms with E-state index in [0.29, 0.717) is 18.9 Å². The van der Waals surface area contributed by atoms with E-state index >= 15 is 0 Å². The van der Waals surface area contributed by atoms with E-state index in [0.717, 1.165) is 44.8 Å². The molecule has 1 heterocycles. The zero-order chi connectivity index (χ0) is 23.4. The topological polar surface area (TPSA) is 84.9 Å². The van der Waals surface area contributed by atoms with Gasteiger partial charge in [0.2, 0.25) is 10.0 Å². The average Bonchev–Trinajstić information content (AvgIpc) is 3.10. The summed E-state index contributed by atoms with van der Waals surface area (Å²) in [6.07, 6.45) is 6.91. The van der Waals surface area contributed by atoms with Crippen LogP contribution in [0.3, 0.4) is 0 Å². The molecule has 8 heteroatoms. The van der Waals surface area contributed by atoms with E-state index in [1.807, 2.05) is 19.9 Å². The summed E-state index contributed by atoms with van der Waals surface area (Å²) in [6.45, 7) is 4.36. The van der Waals surface area contributed by atoms with Crippen molar-refractivity contribution in [3.8, 4) is 0 Å². The minimum absolute atomic E-state index is 0.117. The minimum Gasteiger partial charge on any atom is -0.453 e. The highest BCUT2D eigenvalue weighted by atomic mass is 32.2. The number of methoxy groups -OCH3 is 1. The number of hydrogen-bond acceptors (Lipinski definition) is 5. The van der Waals surface area contributed by atoms with Gasteiger partial charge in [0.25, 0.3) is 0 Å². The molecule has 0 spiro atoms. The first-order valence-corrected chi connectivity index (χ1v) is 13.6. The lowest BCUT2D eigenvalue weighted by molar-refractivity contribution is -0.0196. The number of carbonyl (C=O) groups is 1. The molecule has 1 saturated carbocycles. The number of nitrogens with one attached hydrogen (secondary N) is 1. The lowest BCUT2D eigenvalue weighted by atomic mass is 9.83. The van der Waals surface area contributed by atoms with E-state index in [1.54, 1.807) is 4.90 Å². The Morgan fingerprint density at radius 2 is 1.75 bits per heavy atom. The molecule has 2 atom stereocenters. The molecule has 7 nitrogen and oxygen atoms in total. The Morgan fingerprint density at radius 1 is 1.12 bits per heavy atom. The fraction of sp³-hybridized carbons (Fsp3) is 0.708. The van der Waals surface area contributed by atoms with Crippen molar-refractivity contribution < 1.29 is 22.7 Å². The summed E-state index contributed by atoms with van der Waals surface area (Å²) in [5.41, 5.74) is 0.931. The Balaban J connectivity index is 1.70. The molecular weight excluding hydrogens is 428 g/mol. The van der Waals surface area contributed by atoms with E-state index < -0.39 is 33.7 Å². The number of amides is 1. The molecule has 1 unspecified atom stereocenters. The number of carbonyl (C=O) groups excluding carboxylic acids is 1. The van der Waals surface area contributed by atoms with Crippen LogP contribution in [0.4, 0.5) is 4.79 Å². The second kappa shape index (κ2) is 10.5. The van der Waals surface area contributed by atoms with Crippen molar-refractivity contribution in [2.75, 3.05) is 20.0 Å². The van der Waals surface area contributed by atoms with Crippen LogP contribution in [-0.2, 0) is 19.5 Å². The van der Waals surface area contributed by atoms with E-state index in [-0.39, 0.29) is 6.10 Å². The van der Waals surface area contributed by atoms with Crippen LogP contribution in [0.5, 0.6) is 0 Å². The molecule has 0 aromatic heterocycles. The SMILES string of the molecule is CCC1(CC)C[C@H](NS(C)(=O)=O)C(COC2CCC(c3ccccc3)CC2)N1C(=O)OC. The summed E-state index contributed by atoms with van der Waals surface area (Å²) in [4.78, 5) is 14.5. The number of sulfonamides is 1. The van der Waals surface area contributed by atoms with Gasteiger partial charge in [0.05, 0.1) is 32.1 Å². The molecule has 1 aliphatic heterocycles. The largest absolute Gasteiger partial charge is 0.453 e. The third-order valence-corrected chi connectivity index (χ3v) is 8.14. The van der Waals surface area contributed by atoms with Crippen molar-refractivity contribution in [3.63, 3.8) is 0 Å². The van der Waals surface area contributed by atoms with Gasteiger partial charge in [0.15, 0.2) is 0 Å². The fourth-order valence-corrected chi connectivity index (χ4v) is 6.38. The van der Waals surface area contributed by atoms with Gasteiger partial charge in [-0.05, 0) is 56.4 Å². The molecule has 180 valence electrons. The maximum atomic E-state index is 12.8. The number of ether oxygens (including phenoxy) is 2. The predicted molar refractivity (Wildman–Crippen MR) is 125 cm³/mol. The highest BCUT2D eigenvalue weighted by molar-refractivity contribution is 7.88. The van der Waals surface area contributed by atoms with Crippen LogP contribution >= 0.6 is 0 Å². The molecule has 1 aromatic rings. The van der Waals surface area contributed by atoms with E-state index in [1.165, 1.54) is 12.7 Å². The van der Waals surface area contributed by atoms with Crippen molar-refractivity contribution in [2.45, 2.75) is 88.4 Å². The summed E-state index contributed by atoms with van der Waals surface area (Å²) in [5, 5.41) is 0. The lowest BCUT2D eigenvalue weighted by Crippen LogP contribution is -2.54. The molecule has 2 fully saturated rings. The van der Waals surface area contributed by atoms with Gasteiger partial charge in [-0.1, -0.05) is 44.2 Å². The Kier molecular flexibility index (Phi) is 8.22. The first-order valence-electron chi connectivity index (χ1n) is 11.7. The maximum absolute atomic E-state index is 12.8. The monoisotopic (exact) mass is 466 g/mol. The van der Waals surface area contributed by atoms with Crippen molar-refractivity contribution in [2.24, 2.45) is 0 Å². The van der Waals surface area contributed by atoms with E-state index in [2.05, 4.69) is 29.0 Å². The van der Waals surface area contributed by atoms with Crippen LogP contribution in [0.2, 0.25) is 0 Å². The third kappa shape index (κ3) is 5.64. The number of hydrogen-bond donors (Lipinski definition) is 1. The van der Waals surface area contributed by atoms with Crippen LogP contribution in [0.25, 0.3) is 0 Å². The molecule has 1 N–H and O–H groups in total. The van der Waals surface area contributed by atoms with Gasteiger partial charge in [-0.2, -0.15) is 0 Å². The standard InChI is InChI=1S/C24H38N2O5S/c1-5-24(6-2)16-21(25-32(4,28)29)22(26(24)23(27)30-3)17-31-20-14-12-19(13-15-20)18-10-8-7-9-11-18/h7-11,19-22,25H,5-6,12-17H2,1-4H3/t19?,20?,21-,22?/m0/s1. The first kappa shape index (κ1) is 25.0. The van der Waals surface area contributed by atoms with Gasteiger partial charge in [0, 0.05) is 11.6 Å². The molecule has 1 saturated heterocycles. The van der Waals surface area contributed by atoms with Crippen molar-refractivity contribution in [1.82, 2.24) is 9.62 Å². The second-order valence-corrected chi connectivity index (χ2v) is 11.0. The van der Waals surface area contributed by atoms with Gasteiger partial charge >= 0.3 is 6.09 Å². The molecule has 2 aliphatic rings. The molecule has 0 radical (unpaired) electrons. The summed E-state index contributed by atoms with van der Waals surface area (Å²) >= 11 is 0. The van der Waals surface area contributed by atoms with E-state index in [4.69, 9.17) is 9.47 Å². The average molecular weight is 467 g/mol. The Bertz CT molecular complexity index is 848. The van der Waals surface area contributed by atoms with Crippen molar-refractivity contribution in [3.05, 3.63) is 35.9 Å². The summed E-state index contributed by atoms with van der Waals surface area (Å²) in [5.74, 6) is 0.557. The van der Waals surface area contributed by atoms with Gasteiger partial charge in [-0.25, -0.2) is 17.9 Å². The molecule has 0 bridgehead atoms. The first-order chi connectivity index (χ1) is 15.2. The minimum atomic E-state index is -3.43. The van der Waals surface area contributed by atoms with Crippen LogP contribution in [0.15, 0.2) is 30.3 Å². The quantitative estimate of drug-likeness (QED) is 0.625. The second-order valence-electron chi connectivity index (χ2n) is 9.26. The Hall–Kier alpha value is -1.64. The van der Waals surface area contributed by atoms with Gasteiger partial charge in [-0.3, -0.25) is 4.90 Å². The molecule has 3 rings (SSSR count). The smallest absolute Gasteiger partial charge is 0.410 e. The maximum Gasteiger partial charge on any atom is 0.410 e. The summed E-state index contributed by atoms with van der Waals surface area (Å²) < 4.78 is 38.3. The predicted octanol–water partition coefficient (Wildman–Crippen LogP) is 4.05. The van der Waals surface area contributed by atoms with Crippen LogP contribution in [-0.4, -0.2) is 63.1 Å². The molecular formula is C24H38N2O5S. The Morgan fingerprint density at radius 3 is 2.28 bits per heavy atom. The molecule has 1 aliphatic carbocycles. The van der Waals surface area contributed by atoms with Crippen molar-refractivity contribution >= 4 is 16.1 Å². The van der Waals surface area contributed by atoms with Crippen LogP contribution in [0.1, 0.15) is 70.3 Å². The van der Waals surface area contributed by atoms with Gasteiger partial charge < -0.3 is 9.47 Å². The highest BCUT2D eigenvalue weighted by Gasteiger charge is 2.53. The number of rotatable bonds is 8. The number of nitrogens with zero attached hydrogens (tertiary/aromatic N) is 1. The Labute approximate surface area is 192 Å². The zero-order valence-corrected chi connectivity index (χ0v) is 20.6. The number of likely N-dealkylation sites (tertiary alicyclic amines) is 1. The van der Waals surface area contributed by atoms with Crippen LogP contribution in [0, 0.1) is 0 Å². The zero-order valence-electron chi connectivity index (χ0n) is 19.7. The van der Waals surface area contributed by atoms with Gasteiger partial charge in [0.1, 0.15) is 0 Å². The molecule has 1 aromatic carbocycles. The lowest BCUT2D eigenvalue weighted by Gasteiger charge is -2.39. The summed E-state index contributed by atoms with van der Waals surface area (Å²) in [7, 11) is -2.05.